The van der Waals surface area contributed by atoms with E-state index in [2.05, 4.69) is 28.8 Å². The van der Waals surface area contributed by atoms with Gasteiger partial charge in [-0.3, -0.25) is 19.2 Å². The zero-order valence-electron chi connectivity index (χ0n) is 22.9. The van der Waals surface area contributed by atoms with Gasteiger partial charge in [-0.15, -0.1) is 0 Å². The Hall–Kier alpha value is -5.22. The Morgan fingerprint density at radius 2 is 1.69 bits per heavy atom. The molecule has 2 aromatic heterocycles. The quantitative estimate of drug-likeness (QED) is 0.204. The maximum absolute atomic E-state index is 13.4. The SMILES string of the molecule is C=CC(=O)Cl.C=CC(=O)Nc1cccc(-c2nc(C(=O)Nc3ccc(C)cc3)c3n2CCN(C(=O)c2ccc[nH]2)C3)c1. The first-order valence-corrected chi connectivity index (χ1v) is 13.3. The Labute approximate surface area is 247 Å². The molecule has 4 aromatic rings. The Morgan fingerprint density at radius 3 is 2.33 bits per heavy atom. The number of halogens is 1. The minimum Gasteiger partial charge on any atom is -0.357 e. The van der Waals surface area contributed by atoms with Crippen molar-refractivity contribution in [3.05, 3.63) is 115 Å². The molecule has 0 spiro atoms. The van der Waals surface area contributed by atoms with Crippen LogP contribution in [0.2, 0.25) is 0 Å². The summed E-state index contributed by atoms with van der Waals surface area (Å²) in [5.41, 5.74) is 4.45. The number of anilines is 2. The van der Waals surface area contributed by atoms with E-state index in [0.29, 0.717) is 41.7 Å². The zero-order valence-corrected chi connectivity index (χ0v) is 23.6. The van der Waals surface area contributed by atoms with E-state index < -0.39 is 5.24 Å². The number of allylic oxidation sites excluding steroid dienone is 1. The highest BCUT2D eigenvalue weighted by Gasteiger charge is 2.30. The van der Waals surface area contributed by atoms with Crippen LogP contribution in [0.15, 0.2) is 92.2 Å². The van der Waals surface area contributed by atoms with E-state index in [9.17, 15) is 19.2 Å². The van der Waals surface area contributed by atoms with E-state index in [1.165, 1.54) is 6.08 Å². The van der Waals surface area contributed by atoms with Gasteiger partial charge in [0.2, 0.25) is 11.1 Å². The number of rotatable bonds is 7. The standard InChI is InChI=1S/C28H26N6O3.C3H3ClO/c1-3-24(35)30-21-7-4-6-19(16-21)26-32-25(27(36)31-20-11-9-18(2)10-12-20)23-17-33(14-15-34(23)26)28(37)22-8-5-13-29-22;1-2-3(4)5/h3-13,16,29H,1,14-15,17H2,2H3,(H,30,35)(H,31,36);2H,1H2. The van der Waals surface area contributed by atoms with Crippen LogP contribution in [0.1, 0.15) is 32.2 Å². The molecule has 0 fully saturated rings. The van der Waals surface area contributed by atoms with Gasteiger partial charge in [-0.25, -0.2) is 4.98 Å². The van der Waals surface area contributed by atoms with E-state index in [4.69, 9.17) is 16.6 Å². The molecule has 0 radical (unpaired) electrons. The van der Waals surface area contributed by atoms with Crippen LogP contribution < -0.4 is 10.6 Å². The predicted molar refractivity (Wildman–Crippen MR) is 162 cm³/mol. The van der Waals surface area contributed by atoms with Gasteiger partial charge in [0.25, 0.3) is 11.8 Å². The van der Waals surface area contributed by atoms with Gasteiger partial charge < -0.3 is 25.1 Å². The molecule has 3 heterocycles. The van der Waals surface area contributed by atoms with Crippen molar-refractivity contribution in [1.29, 1.82) is 0 Å². The lowest BCUT2D eigenvalue weighted by Crippen LogP contribution is -2.39. The Kier molecular flexibility index (Phi) is 9.51. The van der Waals surface area contributed by atoms with Crippen molar-refractivity contribution < 1.29 is 19.2 Å². The van der Waals surface area contributed by atoms with Gasteiger partial charge in [0.05, 0.1) is 12.2 Å². The molecule has 0 saturated heterocycles. The summed E-state index contributed by atoms with van der Waals surface area (Å²) in [5.74, 6) is -0.230. The molecule has 0 saturated carbocycles. The van der Waals surface area contributed by atoms with Crippen LogP contribution in [0.4, 0.5) is 11.4 Å². The van der Waals surface area contributed by atoms with Gasteiger partial charge in [-0.05, 0) is 67.1 Å². The molecule has 1 aliphatic heterocycles. The number of hydrogen-bond acceptors (Lipinski definition) is 5. The number of amides is 3. The minimum absolute atomic E-state index is 0.141. The fraction of sp³-hybridized carbons (Fsp3) is 0.129. The summed E-state index contributed by atoms with van der Waals surface area (Å²) in [7, 11) is 0. The fourth-order valence-electron chi connectivity index (χ4n) is 4.33. The minimum atomic E-state index is -0.509. The second-order valence-corrected chi connectivity index (χ2v) is 9.67. The van der Waals surface area contributed by atoms with Crippen LogP contribution in [0.3, 0.4) is 0 Å². The first-order chi connectivity index (χ1) is 20.2. The van der Waals surface area contributed by atoms with Crippen LogP contribution in [-0.2, 0) is 22.7 Å². The van der Waals surface area contributed by atoms with Crippen LogP contribution in [0.5, 0.6) is 0 Å². The normalized spacial score (nSPS) is 11.8. The molecule has 3 amide bonds. The van der Waals surface area contributed by atoms with Crippen molar-refractivity contribution in [2.75, 3.05) is 17.2 Å². The molecule has 0 aliphatic carbocycles. The van der Waals surface area contributed by atoms with Crippen LogP contribution in [0.25, 0.3) is 11.4 Å². The highest BCUT2D eigenvalue weighted by molar-refractivity contribution is 6.66. The number of imidazole rings is 1. The first kappa shape index (κ1) is 29.8. The lowest BCUT2D eigenvalue weighted by molar-refractivity contribution is -0.112. The molecule has 10 nitrogen and oxygen atoms in total. The third-order valence-corrected chi connectivity index (χ3v) is 6.54. The number of hydrogen-bond donors (Lipinski definition) is 3. The molecule has 3 N–H and O–H groups in total. The summed E-state index contributed by atoms with van der Waals surface area (Å²) < 4.78 is 1.97. The van der Waals surface area contributed by atoms with Gasteiger partial charge >= 0.3 is 0 Å². The van der Waals surface area contributed by atoms with Gasteiger partial charge in [0.1, 0.15) is 11.5 Å². The first-order valence-electron chi connectivity index (χ1n) is 13.0. The van der Waals surface area contributed by atoms with Crippen molar-refractivity contribution in [1.82, 2.24) is 19.4 Å². The topological polar surface area (TPSA) is 129 Å². The number of aryl methyl sites for hydroxylation is 1. The van der Waals surface area contributed by atoms with Gasteiger partial charge in [0, 0.05) is 36.2 Å². The largest absolute Gasteiger partial charge is 0.357 e. The second-order valence-electron chi connectivity index (χ2n) is 9.30. The molecule has 0 bridgehead atoms. The number of aromatic nitrogens is 3. The molecule has 5 rings (SSSR count). The summed E-state index contributed by atoms with van der Waals surface area (Å²) in [6, 6.07) is 18.3. The van der Waals surface area contributed by atoms with Crippen molar-refractivity contribution in [3.8, 4) is 11.4 Å². The number of benzene rings is 2. The average Bonchev–Trinajstić information content (AvgIpc) is 3.67. The lowest BCUT2D eigenvalue weighted by atomic mass is 10.1. The summed E-state index contributed by atoms with van der Waals surface area (Å²) >= 11 is 4.71. The van der Waals surface area contributed by atoms with E-state index in [-0.39, 0.29) is 30.0 Å². The Morgan fingerprint density at radius 1 is 0.952 bits per heavy atom. The van der Waals surface area contributed by atoms with E-state index in [1.54, 1.807) is 35.4 Å². The number of fused-ring (bicyclic) bond motifs is 1. The van der Waals surface area contributed by atoms with Crippen LogP contribution in [-0.4, -0.2) is 48.9 Å². The molecule has 1 aliphatic rings. The van der Waals surface area contributed by atoms with Crippen LogP contribution in [0, 0.1) is 6.92 Å². The van der Waals surface area contributed by atoms with Crippen molar-refractivity contribution >= 4 is 45.9 Å². The van der Waals surface area contributed by atoms with Crippen molar-refractivity contribution in [2.24, 2.45) is 0 Å². The van der Waals surface area contributed by atoms with E-state index in [0.717, 1.165) is 17.2 Å². The maximum Gasteiger partial charge on any atom is 0.276 e. The molecule has 42 heavy (non-hydrogen) atoms. The zero-order chi connectivity index (χ0) is 30.2. The summed E-state index contributed by atoms with van der Waals surface area (Å²) in [5, 5.41) is 5.17. The molecular weight excluding hydrogens is 556 g/mol. The smallest absolute Gasteiger partial charge is 0.276 e. The summed E-state index contributed by atoms with van der Waals surface area (Å²) in [6.07, 6.45) is 3.95. The van der Waals surface area contributed by atoms with E-state index >= 15 is 0 Å². The lowest BCUT2D eigenvalue weighted by Gasteiger charge is -2.29. The number of nitrogens with zero attached hydrogens (tertiary/aromatic N) is 3. The van der Waals surface area contributed by atoms with Crippen molar-refractivity contribution in [2.45, 2.75) is 20.0 Å². The molecule has 0 atom stereocenters. The highest BCUT2D eigenvalue weighted by Crippen LogP contribution is 2.29. The van der Waals surface area contributed by atoms with Gasteiger partial charge in [0.15, 0.2) is 5.69 Å². The Bertz CT molecular complexity index is 1640. The monoisotopic (exact) mass is 584 g/mol. The number of H-pyrrole nitrogens is 1. The molecule has 11 heteroatoms. The molecule has 0 unspecified atom stereocenters. The number of nitrogens with one attached hydrogen (secondary N) is 3. The predicted octanol–water partition coefficient (Wildman–Crippen LogP) is 5.16. The number of aromatic amines is 1. The number of carbonyl (C=O) groups is 4. The third kappa shape index (κ3) is 7.10. The van der Waals surface area contributed by atoms with Crippen molar-refractivity contribution in [3.63, 3.8) is 0 Å². The highest BCUT2D eigenvalue weighted by atomic mass is 35.5. The molecular formula is C31H29ClN6O4. The van der Waals surface area contributed by atoms with Gasteiger partial charge in [-0.1, -0.05) is 43.0 Å². The number of carbonyl (C=O) groups excluding carboxylic acids is 4. The Balaban J connectivity index is 0.000000748. The molecule has 2 aromatic carbocycles. The third-order valence-electron chi connectivity index (χ3n) is 6.38. The second kappa shape index (κ2) is 13.4. The van der Waals surface area contributed by atoms with Crippen LogP contribution >= 0.6 is 11.6 Å². The molecule has 214 valence electrons. The fourth-order valence-corrected chi connectivity index (χ4v) is 4.33. The maximum atomic E-state index is 13.4. The van der Waals surface area contributed by atoms with E-state index in [1.807, 2.05) is 47.9 Å². The summed E-state index contributed by atoms with van der Waals surface area (Å²) in [4.78, 5) is 57.1. The van der Waals surface area contributed by atoms with Gasteiger partial charge in [-0.2, -0.15) is 0 Å². The average molecular weight is 585 g/mol. The summed E-state index contributed by atoms with van der Waals surface area (Å²) in [6.45, 7) is 9.70.